The van der Waals surface area contributed by atoms with Gasteiger partial charge in [0.05, 0.1) is 12.7 Å². The molecule has 1 aliphatic carbocycles. The van der Waals surface area contributed by atoms with Gasteiger partial charge in [-0.3, -0.25) is 9.89 Å². The maximum atomic E-state index is 5.91. The van der Waals surface area contributed by atoms with E-state index in [0.29, 0.717) is 17.9 Å². The molecule has 5 heteroatoms. The van der Waals surface area contributed by atoms with Crippen LogP contribution in [0.4, 0.5) is 0 Å². The van der Waals surface area contributed by atoms with Gasteiger partial charge in [0, 0.05) is 45.2 Å². The fraction of sp³-hybridized carbons (Fsp3) is 0.650. The summed E-state index contributed by atoms with van der Waals surface area (Å²) in [5.74, 6) is 2.19. The highest BCUT2D eigenvalue weighted by Crippen LogP contribution is 2.40. The first-order valence-corrected chi connectivity index (χ1v) is 9.51. The van der Waals surface area contributed by atoms with E-state index in [0.717, 1.165) is 38.7 Å². The number of rotatable bonds is 6. The normalized spacial score (nSPS) is 27.4. The zero-order valence-corrected chi connectivity index (χ0v) is 15.7. The minimum Gasteiger partial charge on any atom is -0.374 e. The van der Waals surface area contributed by atoms with E-state index in [9.17, 15) is 0 Å². The van der Waals surface area contributed by atoms with Gasteiger partial charge in [-0.2, -0.15) is 0 Å². The lowest BCUT2D eigenvalue weighted by Crippen LogP contribution is -2.50. The summed E-state index contributed by atoms with van der Waals surface area (Å²) in [7, 11) is 1.84. The molecule has 2 N–H and O–H groups in total. The van der Waals surface area contributed by atoms with Crippen LogP contribution >= 0.6 is 0 Å². The van der Waals surface area contributed by atoms with E-state index < -0.39 is 0 Å². The molecule has 1 saturated heterocycles. The number of morpholine rings is 1. The first kappa shape index (κ1) is 18.2. The Bertz CT molecular complexity index is 560. The van der Waals surface area contributed by atoms with Crippen LogP contribution in [0.15, 0.2) is 35.3 Å². The van der Waals surface area contributed by atoms with Gasteiger partial charge in [-0.25, -0.2) is 0 Å². The second-order valence-corrected chi connectivity index (χ2v) is 7.60. The van der Waals surface area contributed by atoms with Crippen LogP contribution in [0.1, 0.15) is 31.7 Å². The Labute approximate surface area is 151 Å². The predicted molar refractivity (Wildman–Crippen MR) is 103 cm³/mol. The molecular weight excluding hydrogens is 312 g/mol. The topological polar surface area (TPSA) is 48.9 Å². The van der Waals surface area contributed by atoms with Gasteiger partial charge in [0.15, 0.2) is 5.96 Å². The van der Waals surface area contributed by atoms with Gasteiger partial charge in [0.2, 0.25) is 0 Å². The van der Waals surface area contributed by atoms with E-state index in [1.54, 1.807) is 0 Å². The Hall–Kier alpha value is -1.59. The van der Waals surface area contributed by atoms with E-state index in [2.05, 4.69) is 64.7 Å². The monoisotopic (exact) mass is 344 g/mol. The lowest BCUT2D eigenvalue weighted by atomic mass is 10.1. The smallest absolute Gasteiger partial charge is 0.191 e. The van der Waals surface area contributed by atoms with E-state index in [1.807, 2.05) is 7.05 Å². The van der Waals surface area contributed by atoms with Crippen LogP contribution in [0.25, 0.3) is 0 Å². The first-order valence-electron chi connectivity index (χ1n) is 9.51. The van der Waals surface area contributed by atoms with Crippen LogP contribution in [0.3, 0.4) is 0 Å². The highest BCUT2D eigenvalue weighted by Gasteiger charge is 2.38. The average Bonchev–Trinajstić information content (AvgIpc) is 3.38. The third-order valence-electron chi connectivity index (χ3n) is 4.91. The molecule has 1 aliphatic heterocycles. The van der Waals surface area contributed by atoms with Gasteiger partial charge in [0.25, 0.3) is 0 Å². The molecular formula is C20H32N4O. The molecule has 25 heavy (non-hydrogen) atoms. The lowest BCUT2D eigenvalue weighted by molar-refractivity contribution is -0.0284. The Morgan fingerprint density at radius 3 is 2.84 bits per heavy atom. The second kappa shape index (κ2) is 8.68. The maximum Gasteiger partial charge on any atom is 0.191 e. The van der Waals surface area contributed by atoms with Crippen molar-refractivity contribution in [3.05, 3.63) is 35.9 Å². The fourth-order valence-electron chi connectivity index (χ4n) is 3.59. The molecule has 2 aliphatic rings. The van der Waals surface area contributed by atoms with Crippen molar-refractivity contribution in [1.82, 2.24) is 15.5 Å². The second-order valence-electron chi connectivity index (χ2n) is 7.60. The summed E-state index contributed by atoms with van der Waals surface area (Å²) in [6.07, 6.45) is 1.41. The van der Waals surface area contributed by atoms with Gasteiger partial charge >= 0.3 is 0 Å². The van der Waals surface area contributed by atoms with Crippen LogP contribution in [0.5, 0.6) is 0 Å². The standard InChI is InChI=1S/C20H32N4O/c1-15(2)13-24-9-10-25-17(14-24)12-22-20(21-3)23-19-11-18(19)16-7-5-4-6-8-16/h4-8,15,17-19H,9-14H2,1-3H3,(H2,21,22,23). The first-order chi connectivity index (χ1) is 12.2. The Morgan fingerprint density at radius 2 is 2.12 bits per heavy atom. The van der Waals surface area contributed by atoms with Crippen molar-refractivity contribution in [2.24, 2.45) is 10.9 Å². The minimum atomic E-state index is 0.232. The molecule has 2 fully saturated rings. The number of aliphatic imine (C=N–C) groups is 1. The van der Waals surface area contributed by atoms with Gasteiger partial charge in [-0.1, -0.05) is 44.2 Å². The highest BCUT2D eigenvalue weighted by molar-refractivity contribution is 5.80. The van der Waals surface area contributed by atoms with Crippen LogP contribution < -0.4 is 10.6 Å². The van der Waals surface area contributed by atoms with Crippen molar-refractivity contribution in [1.29, 1.82) is 0 Å². The zero-order chi connectivity index (χ0) is 17.6. The van der Waals surface area contributed by atoms with Crippen molar-refractivity contribution in [3.63, 3.8) is 0 Å². The van der Waals surface area contributed by atoms with E-state index >= 15 is 0 Å². The molecule has 1 heterocycles. The van der Waals surface area contributed by atoms with Crippen molar-refractivity contribution in [3.8, 4) is 0 Å². The summed E-state index contributed by atoms with van der Waals surface area (Å²) in [6, 6.07) is 11.2. The van der Waals surface area contributed by atoms with E-state index in [4.69, 9.17) is 4.74 Å². The quantitative estimate of drug-likeness (QED) is 0.613. The van der Waals surface area contributed by atoms with Crippen molar-refractivity contribution in [2.75, 3.05) is 39.8 Å². The van der Waals surface area contributed by atoms with Crippen LogP contribution in [0, 0.1) is 5.92 Å². The summed E-state index contributed by atoms with van der Waals surface area (Å²) in [4.78, 5) is 6.88. The number of ether oxygens (including phenoxy) is 1. The molecule has 3 unspecified atom stereocenters. The third-order valence-corrected chi connectivity index (χ3v) is 4.91. The Balaban J connectivity index is 1.41. The molecule has 0 spiro atoms. The SMILES string of the molecule is CN=C(NCC1CN(CC(C)C)CCO1)NC1CC1c1ccccc1. The van der Waals surface area contributed by atoms with Gasteiger partial charge < -0.3 is 15.4 Å². The number of hydrogen-bond acceptors (Lipinski definition) is 3. The van der Waals surface area contributed by atoms with Crippen LogP contribution in [-0.4, -0.2) is 62.8 Å². The highest BCUT2D eigenvalue weighted by atomic mass is 16.5. The summed E-state index contributed by atoms with van der Waals surface area (Å²) < 4.78 is 5.91. The molecule has 0 bridgehead atoms. The molecule has 1 saturated carbocycles. The number of nitrogens with one attached hydrogen (secondary N) is 2. The van der Waals surface area contributed by atoms with Crippen LogP contribution in [-0.2, 0) is 4.74 Å². The third kappa shape index (κ3) is 5.44. The summed E-state index contributed by atoms with van der Waals surface area (Å²) in [5.41, 5.74) is 1.41. The van der Waals surface area contributed by atoms with Gasteiger partial charge in [0.1, 0.15) is 0 Å². The molecule has 5 nitrogen and oxygen atoms in total. The molecule has 0 radical (unpaired) electrons. The molecule has 1 aromatic rings. The summed E-state index contributed by atoms with van der Waals surface area (Å²) in [6.45, 7) is 9.36. The van der Waals surface area contributed by atoms with Crippen molar-refractivity contribution >= 4 is 5.96 Å². The number of hydrogen-bond donors (Lipinski definition) is 2. The molecule has 3 atom stereocenters. The summed E-state index contributed by atoms with van der Waals surface area (Å²) >= 11 is 0. The fourth-order valence-corrected chi connectivity index (χ4v) is 3.59. The van der Waals surface area contributed by atoms with Crippen molar-refractivity contribution < 1.29 is 4.74 Å². The summed E-state index contributed by atoms with van der Waals surface area (Å²) in [5, 5.41) is 6.99. The minimum absolute atomic E-state index is 0.232. The van der Waals surface area contributed by atoms with E-state index in [1.165, 1.54) is 12.0 Å². The predicted octanol–water partition coefficient (Wildman–Crippen LogP) is 2.06. The van der Waals surface area contributed by atoms with Crippen molar-refractivity contribution in [2.45, 2.75) is 38.3 Å². The van der Waals surface area contributed by atoms with Crippen LogP contribution in [0.2, 0.25) is 0 Å². The molecule has 3 rings (SSSR count). The molecule has 0 aromatic heterocycles. The molecule has 0 amide bonds. The largest absolute Gasteiger partial charge is 0.374 e. The lowest BCUT2D eigenvalue weighted by Gasteiger charge is -2.34. The van der Waals surface area contributed by atoms with Gasteiger partial charge in [-0.05, 0) is 17.9 Å². The molecule has 1 aromatic carbocycles. The zero-order valence-electron chi connectivity index (χ0n) is 15.7. The number of benzene rings is 1. The van der Waals surface area contributed by atoms with Gasteiger partial charge in [-0.15, -0.1) is 0 Å². The average molecular weight is 345 g/mol. The molecule has 138 valence electrons. The van der Waals surface area contributed by atoms with E-state index in [-0.39, 0.29) is 6.10 Å². The Kier molecular flexibility index (Phi) is 6.32. The number of guanidine groups is 1. The number of nitrogens with zero attached hydrogens (tertiary/aromatic N) is 2. The maximum absolute atomic E-state index is 5.91. The Morgan fingerprint density at radius 1 is 1.32 bits per heavy atom.